The summed E-state index contributed by atoms with van der Waals surface area (Å²) in [4.78, 5) is 0. The normalized spacial score (nSPS) is 43.0. The molecule has 0 aliphatic carbocycles. The number of hydrogen-bond donors (Lipinski definition) is 0. The molecule has 0 amide bonds. The Bertz CT molecular complexity index is 131. The quantitative estimate of drug-likeness (QED) is 0.622. The van der Waals surface area contributed by atoms with E-state index in [1.54, 1.807) is 14.2 Å². The SMILES string of the molecule is COC1(C)COC(C)(OC)CO1. The van der Waals surface area contributed by atoms with Crippen LogP contribution in [0.25, 0.3) is 0 Å². The van der Waals surface area contributed by atoms with Gasteiger partial charge in [0.05, 0.1) is 0 Å². The first kappa shape index (κ1) is 9.92. The Hall–Kier alpha value is -0.160. The maximum atomic E-state index is 5.45. The fourth-order valence-corrected chi connectivity index (χ4v) is 0.887. The highest BCUT2D eigenvalue weighted by molar-refractivity contribution is 4.73. The van der Waals surface area contributed by atoms with Gasteiger partial charge in [-0.2, -0.15) is 0 Å². The first-order valence-corrected chi connectivity index (χ1v) is 3.92. The van der Waals surface area contributed by atoms with Crippen molar-refractivity contribution >= 4 is 0 Å². The van der Waals surface area contributed by atoms with Crippen LogP contribution >= 0.6 is 0 Å². The Balaban J connectivity index is 2.49. The second-order valence-electron chi connectivity index (χ2n) is 3.25. The average molecular weight is 176 g/mol. The number of hydrogen-bond acceptors (Lipinski definition) is 4. The average Bonchev–Trinajstić information content (AvgIpc) is 2.11. The zero-order valence-electron chi connectivity index (χ0n) is 8.05. The molecule has 0 aromatic carbocycles. The van der Waals surface area contributed by atoms with Crippen LogP contribution in [0, 0.1) is 0 Å². The zero-order chi connectivity index (χ0) is 9.24. The predicted molar refractivity (Wildman–Crippen MR) is 42.7 cm³/mol. The molecular weight excluding hydrogens is 160 g/mol. The summed E-state index contributed by atoms with van der Waals surface area (Å²) in [6.07, 6.45) is 0. The van der Waals surface area contributed by atoms with Crippen LogP contribution in [0.3, 0.4) is 0 Å². The van der Waals surface area contributed by atoms with E-state index in [1.165, 1.54) is 0 Å². The third kappa shape index (κ3) is 1.95. The van der Waals surface area contributed by atoms with E-state index in [9.17, 15) is 0 Å². The lowest BCUT2D eigenvalue weighted by Crippen LogP contribution is -2.52. The Morgan fingerprint density at radius 2 is 1.25 bits per heavy atom. The monoisotopic (exact) mass is 176 g/mol. The molecule has 0 spiro atoms. The number of methoxy groups -OCH3 is 2. The van der Waals surface area contributed by atoms with Crippen LogP contribution in [0.1, 0.15) is 13.8 Å². The molecule has 0 aromatic heterocycles. The summed E-state index contributed by atoms with van der Waals surface area (Å²) in [5, 5.41) is 0. The van der Waals surface area contributed by atoms with E-state index >= 15 is 0 Å². The van der Waals surface area contributed by atoms with Crippen LogP contribution in [0.15, 0.2) is 0 Å². The fourth-order valence-electron chi connectivity index (χ4n) is 0.887. The van der Waals surface area contributed by atoms with Crippen molar-refractivity contribution < 1.29 is 18.9 Å². The Labute approximate surface area is 72.7 Å². The Morgan fingerprint density at radius 1 is 0.917 bits per heavy atom. The van der Waals surface area contributed by atoms with Crippen LogP contribution in [-0.4, -0.2) is 39.0 Å². The zero-order valence-corrected chi connectivity index (χ0v) is 8.05. The second-order valence-corrected chi connectivity index (χ2v) is 3.25. The molecule has 4 heteroatoms. The van der Waals surface area contributed by atoms with Gasteiger partial charge in [-0.3, -0.25) is 0 Å². The van der Waals surface area contributed by atoms with E-state index in [0.717, 1.165) is 0 Å². The lowest BCUT2D eigenvalue weighted by Gasteiger charge is -2.41. The molecule has 2 unspecified atom stereocenters. The van der Waals surface area contributed by atoms with Gasteiger partial charge in [0.15, 0.2) is 11.6 Å². The van der Waals surface area contributed by atoms with Gasteiger partial charge in [-0.1, -0.05) is 0 Å². The molecule has 0 radical (unpaired) electrons. The van der Waals surface area contributed by atoms with Crippen LogP contribution in [0.4, 0.5) is 0 Å². The molecular formula is C8H16O4. The molecule has 1 rings (SSSR count). The van der Waals surface area contributed by atoms with Crippen molar-refractivity contribution in [3.8, 4) is 0 Å². The smallest absolute Gasteiger partial charge is 0.188 e. The van der Waals surface area contributed by atoms with Crippen molar-refractivity contribution in [3.05, 3.63) is 0 Å². The summed E-state index contributed by atoms with van der Waals surface area (Å²) in [5.41, 5.74) is 0. The molecule has 1 fully saturated rings. The van der Waals surface area contributed by atoms with E-state index in [4.69, 9.17) is 18.9 Å². The first-order chi connectivity index (χ1) is 5.54. The van der Waals surface area contributed by atoms with Crippen molar-refractivity contribution in [1.82, 2.24) is 0 Å². The van der Waals surface area contributed by atoms with Crippen molar-refractivity contribution in [2.75, 3.05) is 27.4 Å². The summed E-state index contributed by atoms with van der Waals surface area (Å²) in [6.45, 7) is 4.44. The highest BCUT2D eigenvalue weighted by atomic mass is 16.8. The van der Waals surface area contributed by atoms with Crippen molar-refractivity contribution in [3.63, 3.8) is 0 Å². The number of rotatable bonds is 2. The van der Waals surface area contributed by atoms with E-state index < -0.39 is 11.6 Å². The van der Waals surface area contributed by atoms with Crippen LogP contribution in [0.2, 0.25) is 0 Å². The maximum Gasteiger partial charge on any atom is 0.188 e. The Morgan fingerprint density at radius 3 is 1.42 bits per heavy atom. The van der Waals surface area contributed by atoms with Crippen LogP contribution < -0.4 is 0 Å². The lowest BCUT2D eigenvalue weighted by molar-refractivity contribution is -0.365. The molecule has 1 aliphatic rings. The molecule has 2 atom stereocenters. The molecule has 1 saturated heterocycles. The molecule has 1 heterocycles. The van der Waals surface area contributed by atoms with E-state index in [-0.39, 0.29) is 0 Å². The minimum atomic E-state index is -0.627. The van der Waals surface area contributed by atoms with Crippen molar-refractivity contribution in [1.29, 1.82) is 0 Å². The van der Waals surface area contributed by atoms with E-state index in [0.29, 0.717) is 13.2 Å². The number of ether oxygens (including phenoxy) is 4. The van der Waals surface area contributed by atoms with E-state index in [2.05, 4.69) is 0 Å². The summed E-state index contributed by atoms with van der Waals surface area (Å²) in [5.74, 6) is -1.25. The highest BCUT2D eigenvalue weighted by Gasteiger charge is 2.39. The Kier molecular flexibility index (Phi) is 2.73. The third-order valence-electron chi connectivity index (χ3n) is 2.14. The largest absolute Gasteiger partial charge is 0.351 e. The first-order valence-electron chi connectivity index (χ1n) is 3.92. The molecule has 1 aliphatic heterocycles. The minimum absolute atomic E-state index is 0.383. The van der Waals surface area contributed by atoms with Gasteiger partial charge < -0.3 is 18.9 Å². The summed E-state index contributed by atoms with van der Waals surface area (Å²) < 4.78 is 21.1. The molecule has 12 heavy (non-hydrogen) atoms. The molecule has 0 aromatic rings. The third-order valence-corrected chi connectivity index (χ3v) is 2.14. The van der Waals surface area contributed by atoms with Gasteiger partial charge in [-0.05, 0) is 13.8 Å². The minimum Gasteiger partial charge on any atom is -0.351 e. The van der Waals surface area contributed by atoms with Gasteiger partial charge in [-0.25, -0.2) is 0 Å². The lowest BCUT2D eigenvalue weighted by atomic mass is 10.2. The van der Waals surface area contributed by atoms with E-state index in [1.807, 2.05) is 13.8 Å². The summed E-state index contributed by atoms with van der Waals surface area (Å²) >= 11 is 0. The predicted octanol–water partition coefficient (Wildman–Crippen LogP) is 0.758. The molecule has 0 N–H and O–H groups in total. The topological polar surface area (TPSA) is 36.9 Å². The molecule has 72 valence electrons. The van der Waals surface area contributed by atoms with Crippen molar-refractivity contribution in [2.45, 2.75) is 25.4 Å². The van der Waals surface area contributed by atoms with Crippen molar-refractivity contribution in [2.24, 2.45) is 0 Å². The maximum absolute atomic E-state index is 5.45. The molecule has 4 nitrogen and oxygen atoms in total. The van der Waals surface area contributed by atoms with Gasteiger partial charge in [0.2, 0.25) is 0 Å². The van der Waals surface area contributed by atoms with Crippen LogP contribution in [0.5, 0.6) is 0 Å². The second kappa shape index (κ2) is 3.30. The highest BCUT2D eigenvalue weighted by Crippen LogP contribution is 2.25. The van der Waals surface area contributed by atoms with Gasteiger partial charge in [0.1, 0.15) is 13.2 Å². The van der Waals surface area contributed by atoms with Gasteiger partial charge >= 0.3 is 0 Å². The summed E-state index contributed by atoms with van der Waals surface area (Å²) in [7, 11) is 3.19. The molecule has 0 bridgehead atoms. The standard InChI is InChI=1S/C8H16O4/c1-7(9-3)5-12-8(2,10-4)6-11-7/h5-6H2,1-4H3. The van der Waals surface area contributed by atoms with Crippen LogP contribution in [-0.2, 0) is 18.9 Å². The van der Waals surface area contributed by atoms with Gasteiger partial charge in [0, 0.05) is 14.2 Å². The fraction of sp³-hybridized carbons (Fsp3) is 1.00. The van der Waals surface area contributed by atoms with Gasteiger partial charge in [-0.15, -0.1) is 0 Å². The van der Waals surface area contributed by atoms with Gasteiger partial charge in [0.25, 0.3) is 0 Å². The summed E-state index contributed by atoms with van der Waals surface area (Å²) in [6, 6.07) is 0. The molecule has 0 saturated carbocycles.